The van der Waals surface area contributed by atoms with E-state index < -0.39 is 0 Å². The zero-order valence-electron chi connectivity index (χ0n) is 19.4. The molecule has 0 aromatic heterocycles. The molecule has 0 unspecified atom stereocenters. The van der Waals surface area contributed by atoms with E-state index in [-0.39, 0.29) is 5.91 Å². The number of rotatable bonds is 4. The maximum Gasteiger partial charge on any atom is 0.286 e. The van der Waals surface area contributed by atoms with Gasteiger partial charge in [-0.3, -0.25) is 9.69 Å². The number of amides is 1. The van der Waals surface area contributed by atoms with Gasteiger partial charge < -0.3 is 19.3 Å². The molecule has 0 saturated carbocycles. The molecule has 3 aromatic carbocycles. The summed E-state index contributed by atoms with van der Waals surface area (Å²) < 4.78 is 11.0. The second kappa shape index (κ2) is 9.12. The van der Waals surface area contributed by atoms with Gasteiger partial charge in [-0.1, -0.05) is 36.4 Å². The lowest BCUT2D eigenvalue weighted by atomic mass is 10.0. The molecule has 0 spiro atoms. The summed E-state index contributed by atoms with van der Waals surface area (Å²) in [6.07, 6.45) is 1.93. The van der Waals surface area contributed by atoms with E-state index in [0.29, 0.717) is 13.3 Å². The summed E-state index contributed by atoms with van der Waals surface area (Å²) in [5.74, 6) is 1.88. The second-order valence-electron chi connectivity index (χ2n) is 9.53. The van der Waals surface area contributed by atoms with Crippen LogP contribution in [0.3, 0.4) is 0 Å². The van der Waals surface area contributed by atoms with Crippen LogP contribution in [0.15, 0.2) is 66.7 Å². The smallest absolute Gasteiger partial charge is 0.286 e. The lowest BCUT2D eigenvalue weighted by Gasteiger charge is -2.31. The van der Waals surface area contributed by atoms with Crippen molar-refractivity contribution in [3.63, 3.8) is 0 Å². The molecule has 174 valence electrons. The first-order valence-corrected chi connectivity index (χ1v) is 12.3. The molecule has 1 amide bonds. The van der Waals surface area contributed by atoms with E-state index in [1.807, 2.05) is 23.1 Å². The molecule has 0 atom stereocenters. The van der Waals surface area contributed by atoms with Crippen LogP contribution in [0, 0.1) is 0 Å². The number of fused-ring (bicyclic) bond motifs is 3. The van der Waals surface area contributed by atoms with E-state index in [4.69, 9.17) is 9.47 Å². The van der Waals surface area contributed by atoms with Gasteiger partial charge in [0.1, 0.15) is 32.7 Å². The van der Waals surface area contributed by atoms with E-state index in [0.717, 1.165) is 68.4 Å². The van der Waals surface area contributed by atoms with Crippen LogP contribution in [0.2, 0.25) is 0 Å². The Morgan fingerprint density at radius 2 is 1.38 bits per heavy atom. The molecule has 1 saturated heterocycles. The Balaban J connectivity index is 1.12. The molecule has 1 fully saturated rings. The van der Waals surface area contributed by atoms with Crippen LogP contribution in [0.1, 0.15) is 16.7 Å². The fourth-order valence-electron chi connectivity index (χ4n) is 5.49. The van der Waals surface area contributed by atoms with Crippen LogP contribution in [0.4, 0.5) is 11.4 Å². The number of anilines is 2. The minimum absolute atomic E-state index is 0.191. The number of hydrogen-bond donors (Lipinski definition) is 2. The number of carbonyl (C=O) groups is 1. The van der Waals surface area contributed by atoms with Crippen LogP contribution in [0.5, 0.6) is 11.5 Å². The van der Waals surface area contributed by atoms with Gasteiger partial charge in [0.25, 0.3) is 5.91 Å². The SMILES string of the molecule is O=C(C[NH+]1CC[NH+](Cc2ccc3c(c2)OCO3)CC1)N1c2ccccc2CCc2ccccc21. The molecular formula is C28H31N3O3+2. The van der Waals surface area contributed by atoms with E-state index in [1.54, 1.807) is 4.90 Å². The summed E-state index contributed by atoms with van der Waals surface area (Å²) in [5, 5.41) is 0. The predicted molar refractivity (Wildman–Crippen MR) is 130 cm³/mol. The summed E-state index contributed by atoms with van der Waals surface area (Å²) in [5.41, 5.74) is 5.87. The number of carbonyl (C=O) groups excluding carboxylic acids is 1. The van der Waals surface area contributed by atoms with Crippen molar-refractivity contribution in [2.45, 2.75) is 19.4 Å². The standard InChI is InChI=1S/C28H29N3O3/c32-28(31-24-7-3-1-5-22(24)10-11-23-6-2-4-8-25(23)31)19-30-15-13-29(14-16-30)18-21-9-12-26-27(17-21)34-20-33-26/h1-9,12,17H,10-11,13-16,18-20H2/p+2. The van der Waals surface area contributed by atoms with Crippen molar-refractivity contribution in [1.82, 2.24) is 0 Å². The Morgan fingerprint density at radius 1 is 0.765 bits per heavy atom. The number of nitrogens with zero attached hydrogens (tertiary/aromatic N) is 1. The Labute approximate surface area is 200 Å². The zero-order valence-corrected chi connectivity index (χ0v) is 19.4. The number of aryl methyl sites for hydroxylation is 2. The van der Waals surface area contributed by atoms with Crippen molar-refractivity contribution in [3.8, 4) is 11.5 Å². The Hall–Kier alpha value is -3.35. The zero-order chi connectivity index (χ0) is 22.9. The third-order valence-corrected chi connectivity index (χ3v) is 7.33. The van der Waals surface area contributed by atoms with E-state index in [2.05, 4.69) is 48.5 Å². The van der Waals surface area contributed by atoms with Gasteiger partial charge in [0, 0.05) is 5.56 Å². The summed E-state index contributed by atoms with van der Waals surface area (Å²) in [4.78, 5) is 18.6. The molecule has 3 aliphatic rings. The number of para-hydroxylation sites is 2. The maximum atomic E-state index is 13.7. The molecule has 34 heavy (non-hydrogen) atoms. The molecule has 6 heteroatoms. The van der Waals surface area contributed by atoms with Crippen molar-refractivity contribution in [2.24, 2.45) is 0 Å². The molecule has 0 radical (unpaired) electrons. The van der Waals surface area contributed by atoms with Gasteiger partial charge in [-0.25, -0.2) is 0 Å². The summed E-state index contributed by atoms with van der Waals surface area (Å²) in [7, 11) is 0. The minimum Gasteiger partial charge on any atom is -0.454 e. The quantitative estimate of drug-likeness (QED) is 0.618. The molecule has 6 rings (SSSR count). The highest BCUT2D eigenvalue weighted by Gasteiger charge is 2.31. The highest BCUT2D eigenvalue weighted by Crippen LogP contribution is 2.36. The van der Waals surface area contributed by atoms with Crippen molar-refractivity contribution in [2.75, 3.05) is 44.4 Å². The first-order valence-electron chi connectivity index (χ1n) is 12.3. The molecule has 0 bridgehead atoms. The second-order valence-corrected chi connectivity index (χ2v) is 9.53. The van der Waals surface area contributed by atoms with Gasteiger partial charge in [-0.05, 0) is 54.3 Å². The first-order chi connectivity index (χ1) is 16.7. The normalized spacial score (nSPS) is 20.9. The topological polar surface area (TPSA) is 47.7 Å². The molecule has 6 nitrogen and oxygen atoms in total. The number of nitrogens with one attached hydrogen (secondary N) is 2. The minimum atomic E-state index is 0.191. The number of quaternary nitrogens is 2. The van der Waals surface area contributed by atoms with Gasteiger partial charge in [-0.2, -0.15) is 0 Å². The van der Waals surface area contributed by atoms with Gasteiger partial charge in [0.15, 0.2) is 18.0 Å². The third kappa shape index (κ3) is 4.15. The Bertz CT molecular complexity index is 1160. The van der Waals surface area contributed by atoms with Gasteiger partial charge in [0.05, 0.1) is 11.4 Å². The van der Waals surface area contributed by atoms with Crippen LogP contribution >= 0.6 is 0 Å². The van der Waals surface area contributed by atoms with Crippen LogP contribution in [-0.2, 0) is 24.2 Å². The molecule has 3 aromatic rings. The lowest BCUT2D eigenvalue weighted by molar-refractivity contribution is -1.02. The van der Waals surface area contributed by atoms with Gasteiger partial charge in [0.2, 0.25) is 6.79 Å². The summed E-state index contributed by atoms with van der Waals surface area (Å²) >= 11 is 0. The van der Waals surface area contributed by atoms with Crippen LogP contribution in [-0.4, -0.2) is 45.4 Å². The van der Waals surface area contributed by atoms with E-state index >= 15 is 0 Å². The van der Waals surface area contributed by atoms with Crippen molar-refractivity contribution in [1.29, 1.82) is 0 Å². The predicted octanol–water partition coefficient (Wildman–Crippen LogP) is 1.16. The largest absolute Gasteiger partial charge is 0.454 e. The highest BCUT2D eigenvalue weighted by molar-refractivity contribution is 6.02. The van der Waals surface area contributed by atoms with E-state index in [9.17, 15) is 4.79 Å². The monoisotopic (exact) mass is 457 g/mol. The van der Waals surface area contributed by atoms with Crippen molar-refractivity contribution >= 4 is 17.3 Å². The first kappa shape index (κ1) is 21.2. The highest BCUT2D eigenvalue weighted by atomic mass is 16.7. The fourth-order valence-corrected chi connectivity index (χ4v) is 5.49. The molecular weight excluding hydrogens is 426 g/mol. The Kier molecular flexibility index (Phi) is 5.69. The molecule has 2 N–H and O–H groups in total. The van der Waals surface area contributed by atoms with Crippen LogP contribution in [0.25, 0.3) is 0 Å². The van der Waals surface area contributed by atoms with Gasteiger partial charge in [-0.15, -0.1) is 0 Å². The van der Waals surface area contributed by atoms with Gasteiger partial charge >= 0.3 is 0 Å². The number of benzene rings is 3. The average molecular weight is 458 g/mol. The average Bonchev–Trinajstić information content (AvgIpc) is 3.26. The Morgan fingerprint density at radius 3 is 2.09 bits per heavy atom. The number of piperazine rings is 1. The summed E-state index contributed by atoms with van der Waals surface area (Å²) in [6.45, 7) is 5.94. The maximum absolute atomic E-state index is 13.7. The van der Waals surface area contributed by atoms with Crippen LogP contribution < -0.4 is 24.2 Å². The summed E-state index contributed by atoms with van der Waals surface area (Å²) in [6, 6.07) is 23.0. The molecule has 0 aliphatic carbocycles. The number of hydrogen-bond acceptors (Lipinski definition) is 3. The lowest BCUT2D eigenvalue weighted by Crippen LogP contribution is -3.28. The third-order valence-electron chi connectivity index (χ3n) is 7.33. The molecule has 3 aliphatic heterocycles. The molecule has 3 heterocycles. The number of ether oxygens (including phenoxy) is 2. The van der Waals surface area contributed by atoms with Crippen molar-refractivity contribution in [3.05, 3.63) is 83.4 Å². The fraction of sp³-hybridized carbons (Fsp3) is 0.321. The van der Waals surface area contributed by atoms with Crippen molar-refractivity contribution < 1.29 is 24.1 Å². The van der Waals surface area contributed by atoms with E-state index in [1.165, 1.54) is 21.6 Å².